The van der Waals surface area contributed by atoms with Crippen LogP contribution in [-0.2, 0) is 28.5 Å². The van der Waals surface area contributed by atoms with E-state index >= 15 is 0 Å². The molecule has 1 aliphatic rings. The minimum absolute atomic E-state index is 0.220. The number of rotatable bonds is 5. The fourth-order valence-corrected chi connectivity index (χ4v) is 4.70. The number of amides is 2. The summed E-state index contributed by atoms with van der Waals surface area (Å²) >= 11 is 0. The minimum atomic E-state index is -1.40. The number of nitrogens with one attached hydrogen (secondary N) is 1. The number of aryl methyl sites for hydroxylation is 1. The van der Waals surface area contributed by atoms with Crippen molar-refractivity contribution < 1.29 is 14.3 Å². The Morgan fingerprint density at radius 2 is 1.74 bits per heavy atom. The third-order valence-corrected chi connectivity index (χ3v) is 6.75. The van der Waals surface area contributed by atoms with Crippen LogP contribution in [-0.4, -0.2) is 45.1 Å². The summed E-state index contributed by atoms with van der Waals surface area (Å²) < 4.78 is 7.02. The number of likely N-dealkylation sites (tertiary alicyclic amines) is 1. The highest BCUT2D eigenvalue weighted by Crippen LogP contribution is 2.29. The van der Waals surface area contributed by atoms with Gasteiger partial charge in [-0.1, -0.05) is 18.2 Å². The molecule has 1 N–H and O–H groups in total. The van der Waals surface area contributed by atoms with Gasteiger partial charge in [0.25, 0.3) is 11.5 Å². The Labute approximate surface area is 222 Å². The summed E-state index contributed by atoms with van der Waals surface area (Å²) in [5, 5.41) is 11.9. The summed E-state index contributed by atoms with van der Waals surface area (Å²) in [6.07, 6.45) is 1.42. The van der Waals surface area contributed by atoms with E-state index in [1.807, 2.05) is 0 Å². The lowest BCUT2D eigenvalue weighted by Gasteiger charge is -2.34. The molecule has 0 bridgehead atoms. The van der Waals surface area contributed by atoms with Gasteiger partial charge in [0.1, 0.15) is 16.8 Å². The third kappa shape index (κ3) is 5.54. The standard InChI is InChI=1S/C29H33N5O4/c1-28(2,3)38-27(37)32-29(4,26(36)34-14-6-7-15-34)21-12-13-24-22(17-21)31-23(25(35)33(24)5)16-19-8-10-20(18-30)11-9-19/h8-13,17H,6-7,14-16H2,1-5H3,(H,32,37). The van der Waals surface area contributed by atoms with Gasteiger partial charge in [-0.2, -0.15) is 5.26 Å². The summed E-state index contributed by atoms with van der Waals surface area (Å²) in [4.78, 5) is 46.1. The molecule has 38 heavy (non-hydrogen) atoms. The molecular formula is C29H33N5O4. The smallest absolute Gasteiger partial charge is 0.408 e. The zero-order valence-electron chi connectivity index (χ0n) is 22.5. The normalized spacial score (nSPS) is 15.1. The van der Waals surface area contributed by atoms with Crippen LogP contribution in [0.25, 0.3) is 11.0 Å². The third-order valence-electron chi connectivity index (χ3n) is 6.75. The van der Waals surface area contributed by atoms with E-state index in [0.717, 1.165) is 18.4 Å². The van der Waals surface area contributed by atoms with Crippen molar-refractivity contribution in [2.75, 3.05) is 13.1 Å². The van der Waals surface area contributed by atoms with Crippen molar-refractivity contribution in [3.63, 3.8) is 0 Å². The molecule has 9 heteroatoms. The number of nitrogens with zero attached hydrogens (tertiary/aromatic N) is 4. The Bertz CT molecular complexity index is 1470. The van der Waals surface area contributed by atoms with Crippen LogP contribution in [0.2, 0.25) is 0 Å². The van der Waals surface area contributed by atoms with Crippen LogP contribution in [0.1, 0.15) is 62.9 Å². The lowest BCUT2D eigenvalue weighted by molar-refractivity contribution is -0.137. The Hall–Kier alpha value is -4.19. The van der Waals surface area contributed by atoms with Crippen molar-refractivity contribution in [2.24, 2.45) is 7.05 Å². The van der Waals surface area contributed by atoms with E-state index in [2.05, 4.69) is 16.4 Å². The van der Waals surface area contributed by atoms with Crippen LogP contribution in [0.3, 0.4) is 0 Å². The maximum absolute atomic E-state index is 13.7. The number of hydrogen-bond acceptors (Lipinski definition) is 6. The zero-order valence-corrected chi connectivity index (χ0v) is 22.5. The molecule has 0 saturated carbocycles. The highest BCUT2D eigenvalue weighted by molar-refractivity contribution is 5.92. The molecule has 0 spiro atoms. The van der Waals surface area contributed by atoms with Crippen LogP contribution in [0, 0.1) is 11.3 Å². The van der Waals surface area contributed by atoms with Gasteiger partial charge >= 0.3 is 6.09 Å². The first-order valence-corrected chi connectivity index (χ1v) is 12.7. The Morgan fingerprint density at radius 3 is 2.34 bits per heavy atom. The first-order valence-electron chi connectivity index (χ1n) is 12.7. The van der Waals surface area contributed by atoms with E-state index in [1.165, 1.54) is 4.57 Å². The van der Waals surface area contributed by atoms with Gasteiger partial charge in [-0.25, -0.2) is 9.78 Å². The summed E-state index contributed by atoms with van der Waals surface area (Å²) in [6.45, 7) is 8.23. The number of benzene rings is 2. The van der Waals surface area contributed by atoms with Crippen LogP contribution < -0.4 is 10.9 Å². The molecule has 1 aliphatic heterocycles. The number of carbonyl (C=O) groups is 2. The van der Waals surface area contributed by atoms with Crippen LogP contribution in [0.5, 0.6) is 0 Å². The molecule has 2 amide bonds. The second kappa shape index (κ2) is 10.3. The predicted molar refractivity (Wildman–Crippen MR) is 143 cm³/mol. The van der Waals surface area contributed by atoms with E-state index in [-0.39, 0.29) is 11.5 Å². The topological polar surface area (TPSA) is 117 Å². The van der Waals surface area contributed by atoms with Gasteiger partial charge in [0.05, 0.1) is 22.7 Å². The minimum Gasteiger partial charge on any atom is -0.444 e. The average molecular weight is 516 g/mol. The Balaban J connectivity index is 1.77. The lowest BCUT2D eigenvalue weighted by Crippen LogP contribution is -2.55. The Morgan fingerprint density at radius 1 is 1.08 bits per heavy atom. The zero-order chi connectivity index (χ0) is 27.7. The van der Waals surface area contributed by atoms with Gasteiger partial charge in [0.2, 0.25) is 0 Å². The largest absolute Gasteiger partial charge is 0.444 e. The molecule has 1 atom stereocenters. The summed E-state index contributed by atoms with van der Waals surface area (Å²) in [5.41, 5.74) is 1.06. The molecule has 2 aromatic carbocycles. The Kier molecular flexibility index (Phi) is 7.27. The number of carbonyl (C=O) groups excluding carboxylic acids is 2. The molecule has 1 unspecified atom stereocenters. The van der Waals surface area contributed by atoms with E-state index < -0.39 is 17.2 Å². The van der Waals surface area contributed by atoms with Gasteiger partial charge in [0, 0.05) is 26.6 Å². The van der Waals surface area contributed by atoms with Gasteiger partial charge in [0.15, 0.2) is 0 Å². The summed E-state index contributed by atoms with van der Waals surface area (Å²) in [6, 6.07) is 14.3. The van der Waals surface area contributed by atoms with Gasteiger partial charge in [-0.3, -0.25) is 9.59 Å². The van der Waals surface area contributed by atoms with Crippen molar-refractivity contribution >= 4 is 23.0 Å². The number of hydrogen-bond donors (Lipinski definition) is 1. The monoisotopic (exact) mass is 515 g/mol. The maximum Gasteiger partial charge on any atom is 0.408 e. The van der Waals surface area contributed by atoms with E-state index in [0.29, 0.717) is 47.4 Å². The molecule has 1 fully saturated rings. The van der Waals surface area contributed by atoms with E-state index in [4.69, 9.17) is 10.00 Å². The molecule has 0 aliphatic carbocycles. The highest BCUT2D eigenvalue weighted by atomic mass is 16.6. The molecule has 9 nitrogen and oxygen atoms in total. The predicted octanol–water partition coefficient (Wildman–Crippen LogP) is 3.76. The fraction of sp³-hybridized carbons (Fsp3) is 0.414. The fourth-order valence-electron chi connectivity index (χ4n) is 4.70. The molecule has 1 saturated heterocycles. The second-order valence-corrected chi connectivity index (χ2v) is 10.9. The van der Waals surface area contributed by atoms with Crippen LogP contribution in [0.15, 0.2) is 47.3 Å². The average Bonchev–Trinajstić information content (AvgIpc) is 3.40. The number of fused-ring (bicyclic) bond motifs is 1. The summed E-state index contributed by atoms with van der Waals surface area (Å²) in [7, 11) is 1.68. The van der Waals surface area contributed by atoms with Crippen molar-refractivity contribution in [2.45, 2.75) is 58.1 Å². The van der Waals surface area contributed by atoms with Crippen LogP contribution >= 0.6 is 0 Å². The molecule has 4 rings (SSSR count). The first kappa shape index (κ1) is 26.9. The van der Waals surface area contributed by atoms with Crippen molar-refractivity contribution in [3.05, 3.63) is 75.2 Å². The molecule has 1 aromatic heterocycles. The number of ether oxygens (including phenoxy) is 1. The number of nitriles is 1. The highest BCUT2D eigenvalue weighted by Gasteiger charge is 2.42. The summed E-state index contributed by atoms with van der Waals surface area (Å²) in [5.74, 6) is -0.220. The van der Waals surface area contributed by atoms with E-state index in [9.17, 15) is 14.4 Å². The molecule has 2 heterocycles. The van der Waals surface area contributed by atoms with Gasteiger partial charge in [-0.15, -0.1) is 0 Å². The van der Waals surface area contributed by atoms with Crippen molar-refractivity contribution in [1.82, 2.24) is 19.8 Å². The van der Waals surface area contributed by atoms with Gasteiger partial charge in [-0.05, 0) is 75.9 Å². The first-order chi connectivity index (χ1) is 17.9. The maximum atomic E-state index is 13.7. The lowest BCUT2D eigenvalue weighted by atomic mass is 9.90. The van der Waals surface area contributed by atoms with Crippen LogP contribution in [0.4, 0.5) is 4.79 Å². The molecule has 3 aromatic rings. The molecular weight excluding hydrogens is 482 g/mol. The quantitative estimate of drug-likeness (QED) is 0.553. The molecule has 0 radical (unpaired) electrons. The number of alkyl carbamates (subject to hydrolysis) is 1. The van der Waals surface area contributed by atoms with Crippen molar-refractivity contribution in [3.8, 4) is 6.07 Å². The SMILES string of the molecule is Cn1c(=O)c(Cc2ccc(C#N)cc2)nc2cc(C(C)(NC(=O)OC(C)(C)C)C(=O)N3CCCC3)ccc21. The van der Waals surface area contributed by atoms with E-state index in [1.54, 1.807) is 82.1 Å². The number of aromatic nitrogens is 2. The second-order valence-electron chi connectivity index (χ2n) is 10.9. The van der Waals surface area contributed by atoms with Crippen molar-refractivity contribution in [1.29, 1.82) is 5.26 Å². The van der Waals surface area contributed by atoms with Gasteiger partial charge < -0.3 is 19.5 Å². The molecule has 198 valence electrons.